The van der Waals surface area contributed by atoms with E-state index in [-0.39, 0.29) is 11.9 Å². The third-order valence-electron chi connectivity index (χ3n) is 2.45. The van der Waals surface area contributed by atoms with Gasteiger partial charge in [0.2, 0.25) is 0 Å². The van der Waals surface area contributed by atoms with E-state index in [9.17, 15) is 4.39 Å². The van der Waals surface area contributed by atoms with Gasteiger partial charge in [0, 0.05) is 19.7 Å². The molecule has 0 aliphatic rings. The predicted octanol–water partition coefficient (Wildman–Crippen LogP) is 2.65. The van der Waals surface area contributed by atoms with Crippen molar-refractivity contribution in [3.63, 3.8) is 0 Å². The van der Waals surface area contributed by atoms with Crippen molar-refractivity contribution in [1.29, 1.82) is 0 Å². The topological polar surface area (TPSA) is 21.3 Å². The number of ether oxygens (including phenoxy) is 1. The van der Waals surface area contributed by atoms with Crippen molar-refractivity contribution in [3.8, 4) is 0 Å². The number of aryl methyl sites for hydroxylation is 1. The van der Waals surface area contributed by atoms with Crippen molar-refractivity contribution < 1.29 is 9.13 Å². The van der Waals surface area contributed by atoms with E-state index in [1.54, 1.807) is 19.1 Å². The van der Waals surface area contributed by atoms with Gasteiger partial charge < -0.3 is 10.1 Å². The van der Waals surface area contributed by atoms with E-state index >= 15 is 0 Å². The average molecular weight is 225 g/mol. The van der Waals surface area contributed by atoms with Gasteiger partial charge in [-0.15, -0.1) is 0 Å². The van der Waals surface area contributed by atoms with E-state index in [2.05, 4.69) is 5.32 Å². The van der Waals surface area contributed by atoms with Crippen molar-refractivity contribution in [2.45, 2.75) is 33.4 Å². The summed E-state index contributed by atoms with van der Waals surface area (Å²) < 4.78 is 18.6. The fourth-order valence-corrected chi connectivity index (χ4v) is 1.51. The Hall–Kier alpha value is -0.930. The summed E-state index contributed by atoms with van der Waals surface area (Å²) in [6, 6.07) is 5.32. The molecule has 1 rings (SSSR count). The summed E-state index contributed by atoms with van der Waals surface area (Å²) in [6.45, 7) is 7.95. The van der Waals surface area contributed by atoms with E-state index in [1.807, 2.05) is 19.9 Å². The van der Waals surface area contributed by atoms with Crippen LogP contribution in [0.15, 0.2) is 18.2 Å². The van der Waals surface area contributed by atoms with E-state index in [0.29, 0.717) is 12.1 Å². The average Bonchev–Trinajstić information content (AvgIpc) is 2.24. The van der Waals surface area contributed by atoms with Crippen LogP contribution in [0.25, 0.3) is 0 Å². The van der Waals surface area contributed by atoms with Crippen LogP contribution < -0.4 is 5.32 Å². The van der Waals surface area contributed by atoms with E-state index in [4.69, 9.17) is 4.74 Å². The Labute approximate surface area is 96.8 Å². The standard InChI is InChI=1S/C13H20FNO/c1-4-16-11(3)8-15-9-12-6-5-10(2)13(14)7-12/h5-7,11,15H,4,8-9H2,1-3H3. The smallest absolute Gasteiger partial charge is 0.126 e. The quantitative estimate of drug-likeness (QED) is 0.803. The van der Waals surface area contributed by atoms with Crippen molar-refractivity contribution in [2.75, 3.05) is 13.2 Å². The Balaban J connectivity index is 2.34. The molecule has 0 spiro atoms. The summed E-state index contributed by atoms with van der Waals surface area (Å²) >= 11 is 0. The van der Waals surface area contributed by atoms with Crippen LogP contribution in [0.5, 0.6) is 0 Å². The normalized spacial score (nSPS) is 12.8. The van der Waals surface area contributed by atoms with E-state index in [1.165, 1.54) is 0 Å². The number of hydrogen-bond donors (Lipinski definition) is 1. The number of halogens is 1. The Morgan fingerprint density at radius 2 is 2.19 bits per heavy atom. The highest BCUT2D eigenvalue weighted by molar-refractivity contribution is 5.23. The maximum atomic E-state index is 13.2. The zero-order valence-corrected chi connectivity index (χ0v) is 10.2. The Kier molecular flexibility index (Phi) is 5.43. The van der Waals surface area contributed by atoms with Crippen molar-refractivity contribution in [1.82, 2.24) is 5.32 Å². The molecule has 1 N–H and O–H groups in total. The van der Waals surface area contributed by atoms with Gasteiger partial charge in [-0.25, -0.2) is 4.39 Å². The maximum Gasteiger partial charge on any atom is 0.126 e. The SMILES string of the molecule is CCOC(C)CNCc1ccc(C)c(F)c1. The minimum Gasteiger partial charge on any atom is -0.377 e. The Bertz CT molecular complexity index is 328. The third-order valence-corrected chi connectivity index (χ3v) is 2.45. The largest absolute Gasteiger partial charge is 0.377 e. The molecule has 2 nitrogen and oxygen atoms in total. The molecule has 0 saturated carbocycles. The lowest BCUT2D eigenvalue weighted by Crippen LogP contribution is -2.26. The zero-order chi connectivity index (χ0) is 12.0. The molecule has 0 bridgehead atoms. The third kappa shape index (κ3) is 4.29. The van der Waals surface area contributed by atoms with Crippen LogP contribution in [-0.4, -0.2) is 19.3 Å². The fourth-order valence-electron chi connectivity index (χ4n) is 1.51. The first-order valence-corrected chi connectivity index (χ1v) is 5.70. The molecule has 0 aliphatic heterocycles. The van der Waals surface area contributed by atoms with Crippen LogP contribution in [-0.2, 0) is 11.3 Å². The molecule has 0 saturated heterocycles. The van der Waals surface area contributed by atoms with Crippen LogP contribution in [0.2, 0.25) is 0 Å². The van der Waals surface area contributed by atoms with Crippen molar-refractivity contribution in [2.24, 2.45) is 0 Å². The van der Waals surface area contributed by atoms with Gasteiger partial charge in [0.1, 0.15) is 5.82 Å². The van der Waals surface area contributed by atoms with Crippen LogP contribution >= 0.6 is 0 Å². The van der Waals surface area contributed by atoms with Gasteiger partial charge in [0.05, 0.1) is 6.10 Å². The summed E-state index contributed by atoms with van der Waals surface area (Å²) in [7, 11) is 0. The van der Waals surface area contributed by atoms with E-state index < -0.39 is 0 Å². The molecule has 1 aromatic rings. The molecule has 90 valence electrons. The van der Waals surface area contributed by atoms with Gasteiger partial charge in [-0.1, -0.05) is 12.1 Å². The molecule has 0 aliphatic carbocycles. The van der Waals surface area contributed by atoms with Crippen LogP contribution in [0.3, 0.4) is 0 Å². The minimum atomic E-state index is -0.142. The predicted molar refractivity (Wildman–Crippen MR) is 63.9 cm³/mol. The summed E-state index contributed by atoms with van der Waals surface area (Å²) in [5.41, 5.74) is 1.65. The molecule has 0 radical (unpaired) electrons. The lowest BCUT2D eigenvalue weighted by atomic mass is 10.1. The first-order valence-electron chi connectivity index (χ1n) is 5.70. The molecule has 16 heavy (non-hydrogen) atoms. The Morgan fingerprint density at radius 1 is 1.44 bits per heavy atom. The van der Waals surface area contributed by atoms with Gasteiger partial charge in [0.15, 0.2) is 0 Å². The summed E-state index contributed by atoms with van der Waals surface area (Å²) in [5, 5.41) is 3.24. The second-order valence-electron chi connectivity index (χ2n) is 3.98. The molecule has 1 unspecified atom stereocenters. The second-order valence-corrected chi connectivity index (χ2v) is 3.98. The highest BCUT2D eigenvalue weighted by atomic mass is 19.1. The van der Waals surface area contributed by atoms with Crippen molar-refractivity contribution >= 4 is 0 Å². The van der Waals surface area contributed by atoms with Crippen LogP contribution in [0, 0.1) is 12.7 Å². The van der Waals surface area contributed by atoms with Gasteiger partial charge in [-0.05, 0) is 38.0 Å². The number of nitrogens with one attached hydrogen (secondary N) is 1. The molecule has 0 fully saturated rings. The first kappa shape index (κ1) is 13.1. The lowest BCUT2D eigenvalue weighted by Gasteiger charge is -2.12. The highest BCUT2D eigenvalue weighted by Crippen LogP contribution is 2.08. The van der Waals surface area contributed by atoms with Crippen LogP contribution in [0.4, 0.5) is 4.39 Å². The molecular weight excluding hydrogens is 205 g/mol. The van der Waals surface area contributed by atoms with Crippen LogP contribution in [0.1, 0.15) is 25.0 Å². The molecule has 0 heterocycles. The second kappa shape index (κ2) is 6.61. The monoisotopic (exact) mass is 225 g/mol. The molecule has 0 amide bonds. The zero-order valence-electron chi connectivity index (χ0n) is 10.2. The fraction of sp³-hybridized carbons (Fsp3) is 0.538. The van der Waals surface area contributed by atoms with E-state index in [0.717, 1.165) is 18.7 Å². The molecule has 1 aromatic carbocycles. The van der Waals surface area contributed by atoms with Gasteiger partial charge in [-0.2, -0.15) is 0 Å². The highest BCUT2D eigenvalue weighted by Gasteiger charge is 2.02. The summed E-state index contributed by atoms with van der Waals surface area (Å²) in [6.07, 6.45) is 0.195. The lowest BCUT2D eigenvalue weighted by molar-refractivity contribution is 0.0759. The van der Waals surface area contributed by atoms with Gasteiger partial charge >= 0.3 is 0 Å². The van der Waals surface area contributed by atoms with Crippen molar-refractivity contribution in [3.05, 3.63) is 35.1 Å². The minimum absolute atomic E-state index is 0.142. The maximum absolute atomic E-state index is 13.2. The van der Waals surface area contributed by atoms with Gasteiger partial charge in [-0.3, -0.25) is 0 Å². The Morgan fingerprint density at radius 3 is 2.81 bits per heavy atom. The molecule has 3 heteroatoms. The molecule has 1 atom stereocenters. The first-order chi connectivity index (χ1) is 7.63. The van der Waals surface area contributed by atoms with Gasteiger partial charge in [0.25, 0.3) is 0 Å². The number of hydrogen-bond acceptors (Lipinski definition) is 2. The molecular formula is C13H20FNO. The number of rotatable bonds is 6. The number of benzene rings is 1. The summed E-state index contributed by atoms with van der Waals surface area (Å²) in [5.74, 6) is -0.142. The molecule has 0 aromatic heterocycles. The summed E-state index contributed by atoms with van der Waals surface area (Å²) in [4.78, 5) is 0.